The third-order valence-corrected chi connectivity index (χ3v) is 3.49. The standard InChI is InChI=1S/C11H22N2O/c1-13(8-10-3-2-6-14-10)11(7-12)9-4-5-9/h9-11H,2-8,12H2,1H3. The number of hydrogen-bond acceptors (Lipinski definition) is 3. The van der Waals surface area contributed by atoms with E-state index in [-0.39, 0.29) is 0 Å². The van der Waals surface area contributed by atoms with Crippen LogP contribution in [0.3, 0.4) is 0 Å². The van der Waals surface area contributed by atoms with Gasteiger partial charge in [-0.15, -0.1) is 0 Å². The molecule has 2 N–H and O–H groups in total. The van der Waals surface area contributed by atoms with Gasteiger partial charge in [-0.3, -0.25) is 4.90 Å². The fourth-order valence-electron chi connectivity index (χ4n) is 2.46. The van der Waals surface area contributed by atoms with E-state index in [0.29, 0.717) is 12.1 Å². The minimum absolute atomic E-state index is 0.466. The van der Waals surface area contributed by atoms with Crippen LogP contribution in [-0.2, 0) is 4.74 Å². The number of hydrogen-bond donors (Lipinski definition) is 1. The Labute approximate surface area is 86.6 Å². The summed E-state index contributed by atoms with van der Waals surface area (Å²) in [5.41, 5.74) is 5.81. The maximum atomic E-state index is 5.81. The summed E-state index contributed by atoms with van der Waals surface area (Å²) in [5.74, 6) is 0.867. The minimum Gasteiger partial charge on any atom is -0.377 e. The molecule has 82 valence electrons. The van der Waals surface area contributed by atoms with E-state index < -0.39 is 0 Å². The van der Waals surface area contributed by atoms with Crippen molar-refractivity contribution in [3.63, 3.8) is 0 Å². The predicted octanol–water partition coefficient (Wildman–Crippen LogP) is 0.834. The van der Waals surface area contributed by atoms with Crippen LogP contribution < -0.4 is 5.73 Å². The molecule has 3 heteroatoms. The first kappa shape index (κ1) is 10.4. The van der Waals surface area contributed by atoms with Gasteiger partial charge in [-0.2, -0.15) is 0 Å². The van der Waals surface area contributed by atoms with Crippen molar-refractivity contribution < 1.29 is 4.74 Å². The first-order valence-corrected chi connectivity index (χ1v) is 5.83. The molecule has 0 aromatic heterocycles. The summed E-state index contributed by atoms with van der Waals surface area (Å²) in [6, 6.07) is 0.596. The Morgan fingerprint density at radius 3 is 2.71 bits per heavy atom. The lowest BCUT2D eigenvalue weighted by atomic mass is 10.1. The topological polar surface area (TPSA) is 38.5 Å². The lowest BCUT2D eigenvalue weighted by Gasteiger charge is -2.28. The average Bonchev–Trinajstić information content (AvgIpc) is 2.86. The zero-order valence-corrected chi connectivity index (χ0v) is 9.11. The third-order valence-electron chi connectivity index (χ3n) is 3.49. The van der Waals surface area contributed by atoms with Crippen molar-refractivity contribution in [2.45, 2.75) is 37.8 Å². The monoisotopic (exact) mass is 198 g/mol. The molecule has 0 radical (unpaired) electrons. The van der Waals surface area contributed by atoms with Gasteiger partial charge in [0, 0.05) is 25.7 Å². The Morgan fingerprint density at radius 2 is 2.21 bits per heavy atom. The van der Waals surface area contributed by atoms with Crippen LogP contribution in [0, 0.1) is 5.92 Å². The molecule has 2 rings (SSSR count). The first-order valence-electron chi connectivity index (χ1n) is 5.83. The summed E-state index contributed by atoms with van der Waals surface area (Å²) in [5, 5.41) is 0. The fraction of sp³-hybridized carbons (Fsp3) is 1.00. The molecule has 2 aliphatic rings. The zero-order valence-electron chi connectivity index (χ0n) is 9.11. The van der Waals surface area contributed by atoms with Gasteiger partial charge in [0.15, 0.2) is 0 Å². The van der Waals surface area contributed by atoms with Crippen molar-refractivity contribution in [2.24, 2.45) is 11.7 Å². The van der Waals surface area contributed by atoms with Crippen LogP contribution in [0.25, 0.3) is 0 Å². The maximum Gasteiger partial charge on any atom is 0.0702 e. The average molecular weight is 198 g/mol. The summed E-state index contributed by atoms with van der Waals surface area (Å²) >= 11 is 0. The van der Waals surface area contributed by atoms with Crippen molar-refractivity contribution in [2.75, 3.05) is 26.7 Å². The Bertz CT molecular complexity index is 176. The summed E-state index contributed by atoms with van der Waals surface area (Å²) in [4.78, 5) is 2.41. The van der Waals surface area contributed by atoms with Crippen LogP contribution in [0.5, 0.6) is 0 Å². The van der Waals surface area contributed by atoms with E-state index in [1.165, 1.54) is 25.7 Å². The van der Waals surface area contributed by atoms with Crippen LogP contribution >= 0.6 is 0 Å². The number of rotatable bonds is 5. The van der Waals surface area contributed by atoms with Gasteiger partial charge < -0.3 is 10.5 Å². The lowest BCUT2D eigenvalue weighted by Crippen LogP contribution is -2.43. The van der Waals surface area contributed by atoms with Crippen molar-refractivity contribution in [3.05, 3.63) is 0 Å². The molecule has 0 bridgehead atoms. The SMILES string of the molecule is CN(CC1CCCO1)C(CN)C1CC1. The normalized spacial score (nSPS) is 29.8. The third kappa shape index (κ3) is 2.47. The van der Waals surface area contributed by atoms with Gasteiger partial charge in [0.05, 0.1) is 6.10 Å². The largest absolute Gasteiger partial charge is 0.377 e. The molecule has 1 saturated heterocycles. The van der Waals surface area contributed by atoms with Crippen molar-refractivity contribution in [1.29, 1.82) is 0 Å². The summed E-state index contributed by atoms with van der Waals surface area (Å²) in [6.07, 6.45) is 5.67. The van der Waals surface area contributed by atoms with Gasteiger partial charge in [-0.05, 0) is 38.6 Å². The molecular formula is C11H22N2O. The second-order valence-corrected chi connectivity index (χ2v) is 4.72. The Balaban J connectivity index is 1.76. The molecule has 2 atom stereocenters. The van der Waals surface area contributed by atoms with Gasteiger partial charge in [0.25, 0.3) is 0 Å². The molecular weight excluding hydrogens is 176 g/mol. The molecule has 2 fully saturated rings. The first-order chi connectivity index (χ1) is 6.81. The highest BCUT2D eigenvalue weighted by Crippen LogP contribution is 2.34. The number of ether oxygens (including phenoxy) is 1. The quantitative estimate of drug-likeness (QED) is 0.711. The van der Waals surface area contributed by atoms with E-state index in [9.17, 15) is 0 Å². The molecule has 0 aromatic rings. The summed E-state index contributed by atoms with van der Waals surface area (Å²) in [6.45, 7) is 2.82. The van der Waals surface area contributed by atoms with E-state index in [1.54, 1.807) is 0 Å². The van der Waals surface area contributed by atoms with E-state index in [2.05, 4.69) is 11.9 Å². The molecule has 3 nitrogen and oxygen atoms in total. The number of likely N-dealkylation sites (N-methyl/N-ethyl adjacent to an activating group) is 1. The fourth-order valence-corrected chi connectivity index (χ4v) is 2.46. The Kier molecular flexibility index (Phi) is 3.42. The minimum atomic E-state index is 0.466. The predicted molar refractivity (Wildman–Crippen MR) is 57.2 cm³/mol. The van der Waals surface area contributed by atoms with E-state index in [4.69, 9.17) is 10.5 Å². The molecule has 1 heterocycles. The summed E-state index contributed by atoms with van der Waals surface area (Å²) in [7, 11) is 2.19. The van der Waals surface area contributed by atoms with Gasteiger partial charge in [-0.25, -0.2) is 0 Å². The van der Waals surface area contributed by atoms with Crippen molar-refractivity contribution >= 4 is 0 Å². The molecule has 14 heavy (non-hydrogen) atoms. The molecule has 2 unspecified atom stereocenters. The Hall–Kier alpha value is -0.120. The van der Waals surface area contributed by atoms with Gasteiger partial charge >= 0.3 is 0 Å². The van der Waals surface area contributed by atoms with Crippen LogP contribution in [-0.4, -0.2) is 43.8 Å². The highest BCUT2D eigenvalue weighted by molar-refractivity contribution is 4.88. The van der Waals surface area contributed by atoms with Gasteiger partial charge in [-0.1, -0.05) is 0 Å². The molecule has 1 saturated carbocycles. The summed E-state index contributed by atoms with van der Waals surface area (Å²) < 4.78 is 5.64. The Morgan fingerprint density at radius 1 is 1.43 bits per heavy atom. The maximum absolute atomic E-state index is 5.81. The smallest absolute Gasteiger partial charge is 0.0702 e. The zero-order chi connectivity index (χ0) is 9.97. The molecule has 0 amide bonds. The second-order valence-electron chi connectivity index (χ2n) is 4.72. The lowest BCUT2D eigenvalue weighted by molar-refractivity contribution is 0.0656. The van der Waals surface area contributed by atoms with Crippen molar-refractivity contribution in [1.82, 2.24) is 4.90 Å². The van der Waals surface area contributed by atoms with Crippen LogP contribution in [0.15, 0.2) is 0 Å². The number of nitrogens with zero attached hydrogens (tertiary/aromatic N) is 1. The second kappa shape index (κ2) is 4.60. The van der Waals surface area contributed by atoms with Gasteiger partial charge in [0.2, 0.25) is 0 Å². The van der Waals surface area contributed by atoms with E-state index in [0.717, 1.165) is 25.6 Å². The van der Waals surface area contributed by atoms with Crippen LogP contribution in [0.2, 0.25) is 0 Å². The van der Waals surface area contributed by atoms with Crippen LogP contribution in [0.4, 0.5) is 0 Å². The molecule has 1 aliphatic heterocycles. The molecule has 0 aromatic carbocycles. The van der Waals surface area contributed by atoms with Crippen LogP contribution in [0.1, 0.15) is 25.7 Å². The molecule has 1 aliphatic carbocycles. The van der Waals surface area contributed by atoms with E-state index >= 15 is 0 Å². The van der Waals surface area contributed by atoms with E-state index in [1.807, 2.05) is 0 Å². The van der Waals surface area contributed by atoms with Crippen molar-refractivity contribution in [3.8, 4) is 0 Å². The molecule has 0 spiro atoms. The highest BCUT2D eigenvalue weighted by Gasteiger charge is 2.33. The number of nitrogens with two attached hydrogens (primary N) is 1. The van der Waals surface area contributed by atoms with Gasteiger partial charge in [0.1, 0.15) is 0 Å². The highest BCUT2D eigenvalue weighted by atomic mass is 16.5.